The van der Waals surface area contributed by atoms with Gasteiger partial charge in [-0.2, -0.15) is 0 Å². The van der Waals surface area contributed by atoms with Crippen molar-refractivity contribution < 1.29 is 0 Å². The van der Waals surface area contributed by atoms with E-state index < -0.39 is 0 Å². The number of rotatable bonds is 7. The van der Waals surface area contributed by atoms with Crippen LogP contribution in [0.4, 0.5) is 0 Å². The fourth-order valence-electron chi connectivity index (χ4n) is 10.5. The SMILES string of the molecule is c1ccc(-c2ccc3c(c2)c2cc(-c4ccc5c6ccccc6n(-c6ccccc6)c5c4)ccc2n3-c2ncc(-c3cccc(-c4ccc5c(n4)c4ccccc4n5-c4ccccc4)c3)cn2)cc1. The van der Waals surface area contributed by atoms with Gasteiger partial charge in [-0.25, -0.2) is 15.0 Å². The number of benzene rings is 9. The first kappa shape index (κ1) is 38.8. The van der Waals surface area contributed by atoms with E-state index in [2.05, 4.69) is 244 Å². The standard InChI is InChI=1S/C63H40N6/c1-4-15-41(16-5-1)43-28-32-58-53(36-43)54-37-44(45-27-30-51-50-23-10-12-25-56(50)68(61(51)38-45)49-21-8-3-9-22-49)29-33-59(54)69(58)63-64-39-47(40-65-63)42-17-14-18-46(35-42)55-31-34-60-62(66-55)52-24-11-13-26-57(52)67(60)48-19-6-2-7-20-48/h1-40H. The van der Waals surface area contributed by atoms with Crippen molar-refractivity contribution in [2.24, 2.45) is 0 Å². The Morgan fingerprint density at radius 3 is 1.43 bits per heavy atom. The van der Waals surface area contributed by atoms with Crippen LogP contribution in [0.15, 0.2) is 243 Å². The maximum Gasteiger partial charge on any atom is 0.234 e. The highest BCUT2D eigenvalue weighted by atomic mass is 15.1. The Bertz CT molecular complexity index is 4280. The number of aromatic nitrogens is 6. The Labute approximate surface area is 397 Å². The van der Waals surface area contributed by atoms with Crippen LogP contribution in [-0.2, 0) is 0 Å². The quantitative estimate of drug-likeness (QED) is 0.160. The molecule has 0 saturated heterocycles. The predicted octanol–water partition coefficient (Wildman–Crippen LogP) is 15.8. The molecule has 0 aliphatic heterocycles. The van der Waals surface area contributed by atoms with Gasteiger partial charge in [0, 0.05) is 61.8 Å². The topological polar surface area (TPSA) is 53.5 Å². The van der Waals surface area contributed by atoms with Gasteiger partial charge < -0.3 is 9.13 Å². The van der Waals surface area contributed by atoms with Crippen LogP contribution >= 0.6 is 0 Å². The summed E-state index contributed by atoms with van der Waals surface area (Å²) in [6.45, 7) is 0. The molecule has 0 aliphatic carbocycles. The normalized spacial score (nSPS) is 11.8. The molecular formula is C63H40N6. The first-order valence-corrected chi connectivity index (χ1v) is 23.3. The van der Waals surface area contributed by atoms with Crippen LogP contribution in [0.1, 0.15) is 0 Å². The summed E-state index contributed by atoms with van der Waals surface area (Å²) in [5.41, 5.74) is 18.4. The summed E-state index contributed by atoms with van der Waals surface area (Å²) in [5.74, 6) is 0.617. The second kappa shape index (κ2) is 15.6. The summed E-state index contributed by atoms with van der Waals surface area (Å²) in [7, 11) is 0. The van der Waals surface area contributed by atoms with E-state index in [0.29, 0.717) is 5.95 Å². The number of hydrogen-bond donors (Lipinski definition) is 0. The summed E-state index contributed by atoms with van der Waals surface area (Å²) in [6.07, 6.45) is 3.88. The van der Waals surface area contributed by atoms with Gasteiger partial charge in [0.15, 0.2) is 0 Å². The fourth-order valence-corrected chi connectivity index (χ4v) is 10.5. The second-order valence-corrected chi connectivity index (χ2v) is 17.7. The summed E-state index contributed by atoms with van der Waals surface area (Å²) < 4.78 is 6.87. The molecule has 5 aromatic heterocycles. The van der Waals surface area contributed by atoms with Gasteiger partial charge in [-0.3, -0.25) is 4.57 Å². The van der Waals surface area contributed by atoms with Crippen molar-refractivity contribution >= 4 is 65.5 Å². The van der Waals surface area contributed by atoms with Crippen LogP contribution in [0.3, 0.4) is 0 Å². The van der Waals surface area contributed by atoms with E-state index in [4.69, 9.17) is 15.0 Å². The van der Waals surface area contributed by atoms with Gasteiger partial charge in [-0.05, 0) is 113 Å². The van der Waals surface area contributed by atoms with Crippen molar-refractivity contribution in [3.8, 4) is 62.0 Å². The van der Waals surface area contributed by atoms with Gasteiger partial charge in [0.2, 0.25) is 5.95 Å². The lowest BCUT2D eigenvalue weighted by Crippen LogP contribution is -2.00. The van der Waals surface area contributed by atoms with Crippen LogP contribution in [0.5, 0.6) is 0 Å². The molecule has 5 heterocycles. The smallest absolute Gasteiger partial charge is 0.234 e. The highest BCUT2D eigenvalue weighted by molar-refractivity contribution is 6.13. The van der Waals surface area contributed by atoms with Crippen molar-refractivity contribution in [1.82, 2.24) is 28.7 Å². The molecule has 0 saturated carbocycles. The minimum atomic E-state index is 0.617. The van der Waals surface area contributed by atoms with Crippen molar-refractivity contribution in [3.05, 3.63) is 243 Å². The molecule has 0 bridgehead atoms. The van der Waals surface area contributed by atoms with Crippen molar-refractivity contribution in [2.45, 2.75) is 0 Å². The number of fused-ring (bicyclic) bond motifs is 9. The Kier molecular flexibility index (Phi) is 8.79. The molecule has 322 valence electrons. The van der Waals surface area contributed by atoms with Crippen LogP contribution < -0.4 is 0 Å². The molecular weight excluding hydrogens is 841 g/mol. The van der Waals surface area contributed by atoms with E-state index in [9.17, 15) is 0 Å². The molecule has 0 radical (unpaired) electrons. The van der Waals surface area contributed by atoms with Gasteiger partial charge in [-0.1, -0.05) is 146 Å². The lowest BCUT2D eigenvalue weighted by Gasteiger charge is -2.10. The van der Waals surface area contributed by atoms with E-state index in [1.807, 2.05) is 12.4 Å². The van der Waals surface area contributed by atoms with Gasteiger partial charge in [-0.15, -0.1) is 0 Å². The molecule has 0 spiro atoms. The minimum absolute atomic E-state index is 0.617. The zero-order chi connectivity index (χ0) is 45.4. The molecule has 0 fully saturated rings. The molecule has 0 aliphatic rings. The van der Waals surface area contributed by atoms with E-state index in [-0.39, 0.29) is 0 Å². The molecule has 0 N–H and O–H groups in total. The summed E-state index contributed by atoms with van der Waals surface area (Å²) >= 11 is 0. The number of nitrogens with zero attached hydrogens (tertiary/aromatic N) is 6. The highest BCUT2D eigenvalue weighted by Crippen LogP contribution is 2.40. The number of hydrogen-bond acceptors (Lipinski definition) is 3. The average Bonchev–Trinajstić information content (AvgIpc) is 4.06. The lowest BCUT2D eigenvalue weighted by molar-refractivity contribution is 0.990. The molecule has 0 amide bonds. The first-order chi connectivity index (χ1) is 34.2. The minimum Gasteiger partial charge on any atom is -0.309 e. The van der Waals surface area contributed by atoms with Crippen LogP contribution in [0.2, 0.25) is 0 Å². The Morgan fingerprint density at radius 1 is 0.261 bits per heavy atom. The van der Waals surface area contributed by atoms with Crippen LogP contribution in [-0.4, -0.2) is 28.7 Å². The van der Waals surface area contributed by atoms with E-state index in [1.165, 1.54) is 27.4 Å². The predicted molar refractivity (Wildman–Crippen MR) is 285 cm³/mol. The molecule has 0 unspecified atom stereocenters. The van der Waals surface area contributed by atoms with Gasteiger partial charge in [0.25, 0.3) is 0 Å². The molecule has 6 heteroatoms. The third kappa shape index (κ3) is 6.30. The zero-order valence-electron chi connectivity index (χ0n) is 37.3. The van der Waals surface area contributed by atoms with Gasteiger partial charge in [0.05, 0.1) is 44.3 Å². The molecule has 14 rings (SSSR count). The zero-order valence-corrected chi connectivity index (χ0v) is 37.3. The summed E-state index contributed by atoms with van der Waals surface area (Å²) in [5, 5.41) is 5.88. The molecule has 6 nitrogen and oxygen atoms in total. The Hall–Kier alpha value is -9.39. The maximum atomic E-state index is 5.29. The lowest BCUT2D eigenvalue weighted by atomic mass is 9.99. The fraction of sp³-hybridized carbons (Fsp3) is 0. The highest BCUT2D eigenvalue weighted by Gasteiger charge is 2.19. The van der Waals surface area contributed by atoms with Crippen LogP contribution in [0, 0.1) is 0 Å². The molecule has 69 heavy (non-hydrogen) atoms. The largest absolute Gasteiger partial charge is 0.309 e. The van der Waals surface area contributed by atoms with Gasteiger partial charge in [0.1, 0.15) is 0 Å². The maximum absolute atomic E-state index is 5.29. The Balaban J connectivity index is 0.864. The summed E-state index contributed by atoms with van der Waals surface area (Å²) in [6, 6.07) is 82.2. The van der Waals surface area contributed by atoms with E-state index in [1.54, 1.807) is 0 Å². The average molecular weight is 881 g/mol. The third-order valence-corrected chi connectivity index (χ3v) is 13.8. The molecule has 9 aromatic carbocycles. The summed E-state index contributed by atoms with van der Waals surface area (Å²) in [4.78, 5) is 15.5. The molecule has 0 atom stereocenters. The van der Waals surface area contributed by atoms with Crippen molar-refractivity contribution in [3.63, 3.8) is 0 Å². The van der Waals surface area contributed by atoms with Crippen molar-refractivity contribution in [1.29, 1.82) is 0 Å². The van der Waals surface area contributed by atoms with Gasteiger partial charge >= 0.3 is 0 Å². The first-order valence-electron chi connectivity index (χ1n) is 23.3. The monoisotopic (exact) mass is 880 g/mol. The molecule has 14 aromatic rings. The van der Waals surface area contributed by atoms with Crippen LogP contribution in [0.25, 0.3) is 128 Å². The van der Waals surface area contributed by atoms with E-state index >= 15 is 0 Å². The number of para-hydroxylation sites is 4. The third-order valence-electron chi connectivity index (χ3n) is 13.8. The Morgan fingerprint density at radius 2 is 0.739 bits per heavy atom. The second-order valence-electron chi connectivity index (χ2n) is 17.7. The van der Waals surface area contributed by atoms with E-state index in [0.717, 1.165) is 94.2 Å². The number of pyridine rings is 1. The van der Waals surface area contributed by atoms with Crippen molar-refractivity contribution in [2.75, 3.05) is 0 Å².